The van der Waals surface area contributed by atoms with Gasteiger partial charge in [-0.3, -0.25) is 0 Å². The van der Waals surface area contributed by atoms with E-state index >= 15 is 0 Å². The lowest BCUT2D eigenvalue weighted by Gasteiger charge is -2.24. The number of amides is 1. The number of hydrogen-bond acceptors (Lipinski definition) is 3. The average molecular weight is 254 g/mol. The molecule has 3 atom stereocenters. The summed E-state index contributed by atoms with van der Waals surface area (Å²) >= 11 is 0. The molecule has 0 aromatic rings. The highest BCUT2D eigenvalue weighted by atomic mass is 16.6. The summed E-state index contributed by atoms with van der Waals surface area (Å²) in [6, 6.07) is 0.449. The summed E-state index contributed by atoms with van der Waals surface area (Å²) in [5.41, 5.74) is -0.397. The number of rotatable bonds is 3. The molecule has 0 aromatic carbocycles. The molecule has 2 fully saturated rings. The summed E-state index contributed by atoms with van der Waals surface area (Å²) in [5.74, 6) is 1.75. The summed E-state index contributed by atoms with van der Waals surface area (Å²) in [7, 11) is 0. The molecular formula is C14H26N2O2. The van der Waals surface area contributed by atoms with E-state index in [1.807, 2.05) is 25.7 Å². The van der Waals surface area contributed by atoms with Gasteiger partial charge in [0.2, 0.25) is 0 Å². The predicted molar refractivity (Wildman–Crippen MR) is 71.5 cm³/mol. The zero-order valence-corrected chi connectivity index (χ0v) is 12.0. The predicted octanol–water partition coefficient (Wildman–Crippen LogP) is 2.24. The number of nitrogens with one attached hydrogen (secondary N) is 1. The molecule has 0 radical (unpaired) electrons. The third-order valence-electron chi connectivity index (χ3n) is 3.78. The van der Waals surface area contributed by atoms with Gasteiger partial charge in [0.15, 0.2) is 0 Å². The minimum absolute atomic E-state index is 0.174. The van der Waals surface area contributed by atoms with Crippen LogP contribution >= 0.6 is 0 Å². The zero-order chi connectivity index (χ0) is 13.3. The monoisotopic (exact) mass is 254 g/mol. The first kappa shape index (κ1) is 13.7. The van der Waals surface area contributed by atoms with Gasteiger partial charge in [0.1, 0.15) is 5.60 Å². The van der Waals surface area contributed by atoms with Crippen molar-refractivity contribution in [1.29, 1.82) is 0 Å². The van der Waals surface area contributed by atoms with E-state index in [4.69, 9.17) is 4.74 Å². The molecule has 2 aliphatic rings. The van der Waals surface area contributed by atoms with Crippen molar-refractivity contribution in [1.82, 2.24) is 10.2 Å². The molecule has 2 rings (SSSR count). The van der Waals surface area contributed by atoms with E-state index in [0.29, 0.717) is 6.04 Å². The molecule has 1 amide bonds. The molecule has 1 N–H and O–H groups in total. The SMILES string of the molecule is CC1CC1CNC1CCN(C(=O)OC(C)(C)C)C1. The van der Waals surface area contributed by atoms with Gasteiger partial charge in [-0.1, -0.05) is 6.92 Å². The van der Waals surface area contributed by atoms with Crippen molar-refractivity contribution in [2.75, 3.05) is 19.6 Å². The Balaban J connectivity index is 1.69. The fourth-order valence-electron chi connectivity index (χ4n) is 2.42. The van der Waals surface area contributed by atoms with Crippen LogP contribution in [0.5, 0.6) is 0 Å². The van der Waals surface area contributed by atoms with E-state index in [-0.39, 0.29) is 6.09 Å². The number of carbonyl (C=O) groups excluding carboxylic acids is 1. The largest absolute Gasteiger partial charge is 0.444 e. The van der Waals surface area contributed by atoms with Gasteiger partial charge in [0.25, 0.3) is 0 Å². The van der Waals surface area contributed by atoms with Gasteiger partial charge in [0, 0.05) is 19.1 Å². The van der Waals surface area contributed by atoms with Crippen LogP contribution in [0.2, 0.25) is 0 Å². The molecule has 1 saturated carbocycles. The van der Waals surface area contributed by atoms with Gasteiger partial charge in [-0.25, -0.2) is 4.79 Å². The number of hydrogen-bond donors (Lipinski definition) is 1. The highest BCUT2D eigenvalue weighted by Crippen LogP contribution is 2.37. The maximum absolute atomic E-state index is 11.9. The van der Waals surface area contributed by atoms with Gasteiger partial charge < -0.3 is 15.0 Å². The molecule has 0 bridgehead atoms. The lowest BCUT2D eigenvalue weighted by atomic mass is 10.2. The summed E-state index contributed by atoms with van der Waals surface area (Å²) in [6.07, 6.45) is 2.22. The summed E-state index contributed by atoms with van der Waals surface area (Å²) < 4.78 is 5.38. The number of nitrogens with zero attached hydrogens (tertiary/aromatic N) is 1. The van der Waals surface area contributed by atoms with Crippen LogP contribution in [0.1, 0.15) is 40.5 Å². The van der Waals surface area contributed by atoms with E-state index in [1.165, 1.54) is 6.42 Å². The zero-order valence-electron chi connectivity index (χ0n) is 12.0. The molecule has 18 heavy (non-hydrogen) atoms. The van der Waals surface area contributed by atoms with Crippen LogP contribution in [0.25, 0.3) is 0 Å². The van der Waals surface area contributed by atoms with Crippen LogP contribution in [-0.4, -0.2) is 42.3 Å². The highest BCUT2D eigenvalue weighted by molar-refractivity contribution is 5.68. The van der Waals surface area contributed by atoms with Crippen LogP contribution in [0.15, 0.2) is 0 Å². The molecule has 4 heteroatoms. The van der Waals surface area contributed by atoms with Gasteiger partial charge in [-0.05, 0) is 52.0 Å². The van der Waals surface area contributed by atoms with Crippen molar-refractivity contribution in [3.05, 3.63) is 0 Å². The molecule has 104 valence electrons. The first-order valence-electron chi connectivity index (χ1n) is 7.06. The van der Waals surface area contributed by atoms with Crippen molar-refractivity contribution in [2.45, 2.75) is 52.2 Å². The van der Waals surface area contributed by atoms with Crippen LogP contribution in [0.4, 0.5) is 4.79 Å². The fraction of sp³-hybridized carbons (Fsp3) is 0.929. The Labute approximate surface area is 110 Å². The molecule has 4 nitrogen and oxygen atoms in total. The Morgan fingerprint density at radius 3 is 2.67 bits per heavy atom. The second-order valence-corrected chi connectivity index (χ2v) is 6.79. The molecule has 1 heterocycles. The van der Waals surface area contributed by atoms with E-state index in [2.05, 4.69) is 12.2 Å². The lowest BCUT2D eigenvalue weighted by Crippen LogP contribution is -2.38. The second-order valence-electron chi connectivity index (χ2n) is 6.79. The number of carbonyl (C=O) groups is 1. The standard InChI is InChI=1S/C14H26N2O2/c1-10-7-11(10)8-15-12-5-6-16(9-12)13(17)18-14(2,3)4/h10-12,15H,5-9H2,1-4H3. The quantitative estimate of drug-likeness (QED) is 0.840. The van der Waals surface area contributed by atoms with Crippen LogP contribution in [0, 0.1) is 11.8 Å². The van der Waals surface area contributed by atoms with E-state index < -0.39 is 5.60 Å². The average Bonchev–Trinajstić information content (AvgIpc) is 2.77. The Morgan fingerprint density at radius 1 is 1.44 bits per heavy atom. The Kier molecular flexibility index (Phi) is 3.85. The maximum atomic E-state index is 11.9. The fourth-order valence-corrected chi connectivity index (χ4v) is 2.42. The molecular weight excluding hydrogens is 228 g/mol. The first-order valence-corrected chi connectivity index (χ1v) is 7.06. The molecule has 0 aromatic heterocycles. The smallest absolute Gasteiger partial charge is 0.410 e. The second kappa shape index (κ2) is 5.08. The minimum atomic E-state index is -0.397. The van der Waals surface area contributed by atoms with Crippen LogP contribution in [-0.2, 0) is 4.74 Å². The first-order chi connectivity index (χ1) is 8.35. The van der Waals surface area contributed by atoms with Gasteiger partial charge in [-0.15, -0.1) is 0 Å². The molecule has 1 saturated heterocycles. The Bertz CT molecular complexity index is 311. The van der Waals surface area contributed by atoms with Crippen molar-refractivity contribution in [3.8, 4) is 0 Å². The summed E-state index contributed by atoms with van der Waals surface area (Å²) in [5, 5.41) is 3.57. The molecule has 0 spiro atoms. The van der Waals surface area contributed by atoms with Crippen LogP contribution < -0.4 is 5.32 Å². The van der Waals surface area contributed by atoms with E-state index in [1.54, 1.807) is 0 Å². The minimum Gasteiger partial charge on any atom is -0.444 e. The highest BCUT2D eigenvalue weighted by Gasteiger charge is 2.34. The topological polar surface area (TPSA) is 41.6 Å². The number of likely N-dealkylation sites (tertiary alicyclic amines) is 1. The van der Waals surface area contributed by atoms with E-state index in [9.17, 15) is 4.79 Å². The summed E-state index contributed by atoms with van der Waals surface area (Å²) in [4.78, 5) is 13.7. The van der Waals surface area contributed by atoms with Crippen molar-refractivity contribution in [3.63, 3.8) is 0 Å². The number of ether oxygens (including phenoxy) is 1. The molecule has 1 aliphatic carbocycles. The van der Waals surface area contributed by atoms with E-state index in [0.717, 1.165) is 37.9 Å². The van der Waals surface area contributed by atoms with Gasteiger partial charge >= 0.3 is 6.09 Å². The van der Waals surface area contributed by atoms with Gasteiger partial charge in [-0.2, -0.15) is 0 Å². The van der Waals surface area contributed by atoms with Crippen LogP contribution in [0.3, 0.4) is 0 Å². The maximum Gasteiger partial charge on any atom is 0.410 e. The Morgan fingerprint density at radius 2 is 2.11 bits per heavy atom. The van der Waals surface area contributed by atoms with Crippen molar-refractivity contribution in [2.24, 2.45) is 11.8 Å². The third-order valence-corrected chi connectivity index (χ3v) is 3.78. The Hall–Kier alpha value is -0.770. The van der Waals surface area contributed by atoms with Crippen molar-refractivity contribution < 1.29 is 9.53 Å². The third kappa shape index (κ3) is 3.87. The van der Waals surface area contributed by atoms with Crippen molar-refractivity contribution >= 4 is 6.09 Å². The molecule has 1 aliphatic heterocycles. The summed E-state index contributed by atoms with van der Waals surface area (Å²) in [6.45, 7) is 10.7. The van der Waals surface area contributed by atoms with Gasteiger partial charge in [0.05, 0.1) is 0 Å². The normalized spacial score (nSPS) is 31.6. The lowest BCUT2D eigenvalue weighted by molar-refractivity contribution is 0.0291. The molecule has 3 unspecified atom stereocenters.